The van der Waals surface area contributed by atoms with Gasteiger partial charge in [0.05, 0.1) is 12.4 Å². The van der Waals surface area contributed by atoms with Gasteiger partial charge in [0.2, 0.25) is 14.8 Å². The van der Waals surface area contributed by atoms with Crippen LogP contribution >= 0.6 is 23.8 Å². The van der Waals surface area contributed by atoms with Gasteiger partial charge >= 0.3 is 0 Å². The Hall–Kier alpha value is -2.12. The first-order chi connectivity index (χ1) is 14.3. The molecule has 3 heterocycles. The topological polar surface area (TPSA) is 102 Å². The molecule has 1 aromatic carbocycles. The number of rotatable bonds is 5. The summed E-state index contributed by atoms with van der Waals surface area (Å²) < 4.78 is 36.0. The van der Waals surface area contributed by atoms with Crippen molar-refractivity contribution in [2.45, 2.75) is 25.4 Å². The van der Waals surface area contributed by atoms with Gasteiger partial charge in [-0.05, 0) is 60.8 Å². The van der Waals surface area contributed by atoms with E-state index in [9.17, 15) is 8.42 Å². The molecular weight excluding hydrogens is 450 g/mol. The van der Waals surface area contributed by atoms with Crippen LogP contribution in [0.2, 0.25) is 5.02 Å². The van der Waals surface area contributed by atoms with Gasteiger partial charge in [-0.1, -0.05) is 16.8 Å². The summed E-state index contributed by atoms with van der Waals surface area (Å²) in [5.41, 5.74) is 1.14. The van der Waals surface area contributed by atoms with Crippen molar-refractivity contribution in [1.29, 1.82) is 0 Å². The molecule has 30 heavy (non-hydrogen) atoms. The van der Waals surface area contributed by atoms with Crippen molar-refractivity contribution in [3.63, 3.8) is 0 Å². The molecule has 0 unspecified atom stereocenters. The van der Waals surface area contributed by atoms with Gasteiger partial charge in [0.25, 0.3) is 0 Å². The van der Waals surface area contributed by atoms with E-state index in [0.29, 0.717) is 54.1 Å². The van der Waals surface area contributed by atoms with Gasteiger partial charge in [0, 0.05) is 31.2 Å². The van der Waals surface area contributed by atoms with E-state index in [1.165, 1.54) is 4.31 Å². The Balaban J connectivity index is 1.43. The highest BCUT2D eigenvalue weighted by Gasteiger charge is 2.33. The average molecular weight is 470 g/mol. The Morgan fingerprint density at radius 2 is 1.77 bits per heavy atom. The fourth-order valence-corrected chi connectivity index (χ4v) is 5.46. The Labute approximate surface area is 183 Å². The van der Waals surface area contributed by atoms with Crippen LogP contribution in [0.1, 0.15) is 11.5 Å². The van der Waals surface area contributed by atoms with Crippen molar-refractivity contribution in [2.75, 3.05) is 26.2 Å². The molecule has 10 nitrogen and oxygen atoms in total. The smallest absolute Gasteiger partial charge is 0.248 e. The summed E-state index contributed by atoms with van der Waals surface area (Å²) >= 11 is 11.4. The van der Waals surface area contributed by atoms with Gasteiger partial charge in [-0.3, -0.25) is 4.90 Å². The molecule has 0 amide bonds. The highest BCUT2D eigenvalue weighted by Crippen LogP contribution is 2.24. The number of aromatic nitrogens is 5. The van der Waals surface area contributed by atoms with Gasteiger partial charge < -0.3 is 4.52 Å². The van der Waals surface area contributed by atoms with Crippen LogP contribution in [0.3, 0.4) is 0 Å². The van der Waals surface area contributed by atoms with E-state index in [1.807, 2.05) is 12.1 Å². The molecule has 0 saturated carbocycles. The molecular formula is C17H20ClN7O3S2. The lowest BCUT2D eigenvalue weighted by Gasteiger charge is -2.33. The minimum Gasteiger partial charge on any atom is -0.360 e. The normalized spacial score (nSPS) is 16.2. The second-order valence-electron chi connectivity index (χ2n) is 6.97. The Bertz CT molecular complexity index is 1190. The van der Waals surface area contributed by atoms with Crippen LogP contribution in [-0.4, -0.2) is 68.7 Å². The third-order valence-electron chi connectivity index (χ3n) is 4.94. The summed E-state index contributed by atoms with van der Waals surface area (Å²) in [5, 5.41) is 12.6. The van der Waals surface area contributed by atoms with Crippen LogP contribution in [0, 0.1) is 18.6 Å². The van der Waals surface area contributed by atoms with Gasteiger partial charge in [0.15, 0.2) is 5.76 Å². The van der Waals surface area contributed by atoms with E-state index < -0.39 is 10.0 Å². The quantitative estimate of drug-likeness (QED) is 0.523. The minimum absolute atomic E-state index is 0.157. The van der Waals surface area contributed by atoms with E-state index in [2.05, 4.69) is 20.5 Å². The predicted molar refractivity (Wildman–Crippen MR) is 112 cm³/mol. The summed E-state index contributed by atoms with van der Waals surface area (Å²) in [5.74, 6) is 0.306. The maximum absolute atomic E-state index is 12.9. The zero-order valence-electron chi connectivity index (χ0n) is 16.4. The molecule has 0 spiro atoms. The fraction of sp³-hybridized carbons (Fsp3) is 0.412. The lowest BCUT2D eigenvalue weighted by Crippen LogP contribution is -2.49. The molecule has 0 aliphatic carbocycles. The van der Waals surface area contributed by atoms with Crippen molar-refractivity contribution >= 4 is 33.8 Å². The average Bonchev–Trinajstić information content (AvgIpc) is 3.25. The van der Waals surface area contributed by atoms with Crippen molar-refractivity contribution in [3.8, 4) is 5.69 Å². The van der Waals surface area contributed by atoms with Crippen LogP contribution < -0.4 is 0 Å². The summed E-state index contributed by atoms with van der Waals surface area (Å²) in [7, 11) is -3.64. The molecule has 0 N–H and O–H groups in total. The lowest BCUT2D eigenvalue weighted by molar-refractivity contribution is 0.143. The van der Waals surface area contributed by atoms with Crippen molar-refractivity contribution in [3.05, 3.63) is 45.5 Å². The number of sulfonamides is 1. The lowest BCUT2D eigenvalue weighted by atomic mass is 10.3. The molecule has 0 radical (unpaired) electrons. The SMILES string of the molecule is Cc1noc(C)c1S(=O)(=O)N1CCN(Cn2nnn(-c3ccc(Cl)cc3)c2=S)CC1. The number of tetrazole rings is 1. The summed E-state index contributed by atoms with van der Waals surface area (Å²) in [6.07, 6.45) is 0. The number of nitrogens with zero attached hydrogens (tertiary/aromatic N) is 7. The standard InChI is InChI=1S/C17H20ClN7O3S2/c1-12-16(13(2)28-19-12)30(26,27)23-9-7-22(8-10-23)11-24-17(29)25(21-20-24)15-5-3-14(18)4-6-15/h3-6H,7-11H2,1-2H3. The largest absolute Gasteiger partial charge is 0.360 e. The monoisotopic (exact) mass is 469 g/mol. The number of hydrogen-bond acceptors (Lipinski definition) is 8. The van der Waals surface area contributed by atoms with Crippen molar-refractivity contribution in [1.82, 2.24) is 34.2 Å². The molecule has 1 aliphatic heterocycles. The number of aryl methyl sites for hydroxylation is 2. The van der Waals surface area contributed by atoms with Crippen molar-refractivity contribution < 1.29 is 12.9 Å². The maximum Gasteiger partial charge on any atom is 0.248 e. The zero-order valence-corrected chi connectivity index (χ0v) is 18.8. The summed E-state index contributed by atoms with van der Waals surface area (Å²) in [6, 6.07) is 7.15. The number of hydrogen-bond donors (Lipinski definition) is 0. The molecule has 0 atom stereocenters. The Morgan fingerprint density at radius 1 is 1.10 bits per heavy atom. The molecule has 3 aromatic rings. The predicted octanol–water partition coefficient (Wildman–Crippen LogP) is 2.02. The van der Waals surface area contributed by atoms with Crippen LogP contribution in [0.15, 0.2) is 33.7 Å². The van der Waals surface area contributed by atoms with Crippen LogP contribution in [0.4, 0.5) is 0 Å². The highest BCUT2D eigenvalue weighted by atomic mass is 35.5. The summed E-state index contributed by atoms with van der Waals surface area (Å²) in [4.78, 5) is 2.24. The molecule has 1 fully saturated rings. The van der Waals surface area contributed by atoms with E-state index >= 15 is 0 Å². The molecule has 4 rings (SSSR count). The van der Waals surface area contributed by atoms with Gasteiger partial charge in [-0.25, -0.2) is 13.1 Å². The van der Waals surface area contributed by atoms with Crippen LogP contribution in [-0.2, 0) is 16.7 Å². The molecule has 2 aromatic heterocycles. The van der Waals surface area contributed by atoms with Gasteiger partial charge in [0.1, 0.15) is 10.6 Å². The van der Waals surface area contributed by atoms with Crippen LogP contribution in [0.25, 0.3) is 5.69 Å². The Morgan fingerprint density at radius 3 is 2.37 bits per heavy atom. The van der Waals surface area contributed by atoms with E-state index in [1.54, 1.807) is 35.3 Å². The molecule has 1 aliphatic rings. The van der Waals surface area contributed by atoms with E-state index in [4.69, 9.17) is 28.3 Å². The second-order valence-corrected chi connectivity index (χ2v) is 9.64. The number of benzene rings is 1. The zero-order chi connectivity index (χ0) is 21.5. The van der Waals surface area contributed by atoms with Crippen LogP contribution in [0.5, 0.6) is 0 Å². The first-order valence-corrected chi connectivity index (χ1v) is 11.4. The maximum atomic E-state index is 12.9. The molecule has 160 valence electrons. The first-order valence-electron chi connectivity index (χ1n) is 9.21. The molecule has 13 heteroatoms. The summed E-state index contributed by atoms with van der Waals surface area (Å²) in [6.45, 7) is 5.44. The highest BCUT2D eigenvalue weighted by molar-refractivity contribution is 7.89. The van der Waals surface area contributed by atoms with Crippen molar-refractivity contribution in [2.24, 2.45) is 0 Å². The second kappa shape index (κ2) is 8.19. The third-order valence-corrected chi connectivity index (χ3v) is 7.72. The number of piperazine rings is 1. The first kappa shape index (κ1) is 21.1. The van der Waals surface area contributed by atoms with E-state index in [-0.39, 0.29) is 4.90 Å². The molecule has 1 saturated heterocycles. The Kier molecular flexibility index (Phi) is 5.77. The van der Waals surface area contributed by atoms with E-state index in [0.717, 1.165) is 5.69 Å². The number of halogens is 1. The fourth-order valence-electron chi connectivity index (χ4n) is 3.38. The minimum atomic E-state index is -3.64. The third kappa shape index (κ3) is 3.93. The van der Waals surface area contributed by atoms with Gasteiger partial charge in [-0.15, -0.1) is 0 Å². The van der Waals surface area contributed by atoms with Gasteiger partial charge in [-0.2, -0.15) is 8.99 Å². The molecule has 0 bridgehead atoms.